The Morgan fingerprint density at radius 1 is 0.875 bits per heavy atom. The van der Waals surface area contributed by atoms with Crippen LogP contribution in [0.15, 0.2) is 36.4 Å². The highest BCUT2D eigenvalue weighted by atomic mass is 14.1. The highest BCUT2D eigenvalue weighted by Gasteiger charge is 2.02. The Bertz CT molecular complexity index is 374. The largest absolute Gasteiger partial charge is 0.0836 e. The van der Waals surface area contributed by atoms with Crippen molar-refractivity contribution in [2.75, 3.05) is 0 Å². The zero-order valence-corrected chi connectivity index (χ0v) is 10.9. The van der Waals surface area contributed by atoms with E-state index >= 15 is 0 Å². The van der Waals surface area contributed by atoms with Gasteiger partial charge in [0.15, 0.2) is 0 Å². The van der Waals surface area contributed by atoms with Crippen molar-refractivity contribution in [1.29, 1.82) is 0 Å². The van der Waals surface area contributed by atoms with Crippen LogP contribution in [-0.2, 0) is 0 Å². The summed E-state index contributed by atoms with van der Waals surface area (Å²) in [7, 11) is 0. The summed E-state index contributed by atoms with van der Waals surface area (Å²) in [6.45, 7) is 8.31. The minimum absolute atomic E-state index is 1.18. The molecule has 16 heavy (non-hydrogen) atoms. The van der Waals surface area contributed by atoms with E-state index in [0.717, 1.165) is 0 Å². The summed E-state index contributed by atoms with van der Waals surface area (Å²) < 4.78 is 0. The lowest BCUT2D eigenvalue weighted by Crippen LogP contribution is -1.88. The van der Waals surface area contributed by atoms with Crippen LogP contribution in [0.2, 0.25) is 0 Å². The first-order valence-electron chi connectivity index (χ1n) is 6.21. The Labute approximate surface area is 99.7 Å². The molecular weight excluding hydrogens is 192 g/mol. The van der Waals surface area contributed by atoms with Crippen molar-refractivity contribution in [2.24, 2.45) is 0 Å². The average molecular weight is 214 g/mol. The minimum Gasteiger partial charge on any atom is -0.0836 e. The molecular formula is C16H22. The summed E-state index contributed by atoms with van der Waals surface area (Å²) in [5.41, 5.74) is 5.43. The van der Waals surface area contributed by atoms with E-state index < -0.39 is 0 Å². The Hall–Kier alpha value is -1.30. The zero-order chi connectivity index (χ0) is 12.0. The number of aryl methyl sites for hydroxylation is 2. The quantitative estimate of drug-likeness (QED) is 0.612. The number of hydrogen-bond donors (Lipinski definition) is 0. The van der Waals surface area contributed by atoms with Crippen LogP contribution in [0.3, 0.4) is 0 Å². The van der Waals surface area contributed by atoms with Crippen LogP contribution in [0.4, 0.5) is 0 Å². The molecule has 0 amide bonds. The summed E-state index contributed by atoms with van der Waals surface area (Å²) in [5.74, 6) is 0. The molecule has 0 spiro atoms. The fourth-order valence-corrected chi connectivity index (χ4v) is 1.97. The van der Waals surface area contributed by atoms with E-state index in [1.54, 1.807) is 0 Å². The molecule has 0 aliphatic heterocycles. The lowest BCUT2D eigenvalue weighted by atomic mass is 9.97. The zero-order valence-electron chi connectivity index (χ0n) is 10.9. The molecule has 0 nitrogen and oxygen atoms in total. The van der Waals surface area contributed by atoms with Gasteiger partial charge in [-0.2, -0.15) is 0 Å². The van der Waals surface area contributed by atoms with Crippen molar-refractivity contribution >= 4 is 5.57 Å². The molecule has 0 saturated heterocycles. The van der Waals surface area contributed by atoms with E-state index in [0.29, 0.717) is 0 Å². The van der Waals surface area contributed by atoms with Gasteiger partial charge in [-0.15, -0.1) is 0 Å². The molecule has 0 N–H and O–H groups in total. The molecule has 0 atom stereocenters. The Balaban J connectivity index is 0.000000606. The van der Waals surface area contributed by atoms with Crippen LogP contribution in [0.25, 0.3) is 5.57 Å². The van der Waals surface area contributed by atoms with Gasteiger partial charge >= 0.3 is 0 Å². The molecule has 1 aliphatic rings. The molecule has 0 radical (unpaired) electrons. The van der Waals surface area contributed by atoms with Crippen molar-refractivity contribution in [3.63, 3.8) is 0 Å². The topological polar surface area (TPSA) is 0 Å². The maximum Gasteiger partial charge on any atom is -0.0182 e. The molecule has 2 rings (SSSR count). The second-order valence-electron chi connectivity index (χ2n) is 4.02. The lowest BCUT2D eigenvalue weighted by molar-refractivity contribution is 1.04. The summed E-state index contributed by atoms with van der Waals surface area (Å²) in [6, 6.07) is 6.74. The number of benzene rings is 1. The third kappa shape index (κ3) is 3.37. The summed E-state index contributed by atoms with van der Waals surface area (Å²) in [5, 5.41) is 0. The highest BCUT2D eigenvalue weighted by Crippen LogP contribution is 2.23. The minimum atomic E-state index is 1.18. The van der Waals surface area contributed by atoms with Crippen molar-refractivity contribution < 1.29 is 0 Å². The van der Waals surface area contributed by atoms with Gasteiger partial charge in [-0.1, -0.05) is 61.4 Å². The highest BCUT2D eigenvalue weighted by molar-refractivity contribution is 5.75. The Morgan fingerprint density at radius 3 is 2.00 bits per heavy atom. The van der Waals surface area contributed by atoms with Gasteiger partial charge in [-0.3, -0.25) is 0 Å². The number of rotatable bonds is 1. The standard InChI is InChI=1S/C14H16.C2H6/c1-11-8-12(2)10-14(9-11)13-6-4-3-5-7-13;1-2/h4,6-10H,3,5H2,1-2H3;1-2H3. The predicted octanol–water partition coefficient (Wildman–Crippen LogP) is 5.06. The molecule has 0 heterocycles. The first kappa shape index (κ1) is 12.8. The Kier molecular flexibility index (Phi) is 5.04. The molecule has 0 saturated carbocycles. The van der Waals surface area contributed by atoms with Crippen molar-refractivity contribution in [2.45, 2.75) is 40.5 Å². The molecule has 0 bridgehead atoms. The van der Waals surface area contributed by atoms with Gasteiger partial charge in [-0.05, 0) is 37.8 Å². The van der Waals surface area contributed by atoms with Crippen LogP contribution >= 0.6 is 0 Å². The van der Waals surface area contributed by atoms with Gasteiger partial charge in [0.25, 0.3) is 0 Å². The summed E-state index contributed by atoms with van der Waals surface area (Å²) in [4.78, 5) is 0. The van der Waals surface area contributed by atoms with Crippen LogP contribution in [0.5, 0.6) is 0 Å². The van der Waals surface area contributed by atoms with Crippen molar-refractivity contribution in [3.8, 4) is 0 Å². The lowest BCUT2D eigenvalue weighted by Gasteiger charge is -2.09. The van der Waals surface area contributed by atoms with E-state index in [9.17, 15) is 0 Å². The fraction of sp³-hybridized carbons (Fsp3) is 0.375. The smallest absolute Gasteiger partial charge is 0.0182 e. The molecule has 0 heteroatoms. The van der Waals surface area contributed by atoms with Crippen LogP contribution in [0, 0.1) is 13.8 Å². The second kappa shape index (κ2) is 6.32. The summed E-state index contributed by atoms with van der Waals surface area (Å²) in [6.07, 6.45) is 9.19. The fourth-order valence-electron chi connectivity index (χ4n) is 1.97. The van der Waals surface area contributed by atoms with E-state index in [1.807, 2.05) is 13.8 Å². The van der Waals surface area contributed by atoms with Gasteiger partial charge in [0, 0.05) is 0 Å². The van der Waals surface area contributed by atoms with E-state index in [1.165, 1.54) is 35.1 Å². The molecule has 1 aromatic rings. The maximum absolute atomic E-state index is 2.33. The Morgan fingerprint density at radius 2 is 1.50 bits per heavy atom. The van der Waals surface area contributed by atoms with Crippen LogP contribution < -0.4 is 0 Å². The van der Waals surface area contributed by atoms with E-state index in [4.69, 9.17) is 0 Å². The second-order valence-corrected chi connectivity index (χ2v) is 4.02. The first-order chi connectivity index (χ1) is 7.75. The average Bonchev–Trinajstić information content (AvgIpc) is 2.32. The third-order valence-corrected chi connectivity index (χ3v) is 2.55. The molecule has 0 unspecified atom stereocenters. The van der Waals surface area contributed by atoms with Crippen molar-refractivity contribution in [3.05, 3.63) is 53.1 Å². The van der Waals surface area contributed by atoms with Gasteiger partial charge in [-0.25, -0.2) is 0 Å². The number of allylic oxidation sites excluding steroid dienone is 4. The normalized spacial score (nSPS) is 13.9. The molecule has 0 fully saturated rings. The van der Waals surface area contributed by atoms with Crippen LogP contribution in [0.1, 0.15) is 43.4 Å². The molecule has 1 aromatic carbocycles. The van der Waals surface area contributed by atoms with Gasteiger partial charge in [0.1, 0.15) is 0 Å². The van der Waals surface area contributed by atoms with Gasteiger partial charge < -0.3 is 0 Å². The third-order valence-electron chi connectivity index (χ3n) is 2.55. The van der Waals surface area contributed by atoms with E-state index in [2.05, 4.69) is 50.3 Å². The first-order valence-corrected chi connectivity index (χ1v) is 6.21. The molecule has 0 aromatic heterocycles. The predicted molar refractivity (Wildman–Crippen MR) is 73.6 cm³/mol. The van der Waals surface area contributed by atoms with Gasteiger partial charge in [0.2, 0.25) is 0 Å². The number of hydrogen-bond acceptors (Lipinski definition) is 0. The van der Waals surface area contributed by atoms with Crippen LogP contribution in [-0.4, -0.2) is 0 Å². The van der Waals surface area contributed by atoms with Gasteiger partial charge in [0.05, 0.1) is 0 Å². The molecule has 1 aliphatic carbocycles. The van der Waals surface area contributed by atoms with Crippen molar-refractivity contribution in [1.82, 2.24) is 0 Å². The monoisotopic (exact) mass is 214 g/mol. The molecule has 86 valence electrons. The summed E-state index contributed by atoms with van der Waals surface area (Å²) >= 11 is 0. The SMILES string of the molecule is CC.Cc1cc(C)cc(C2=CCCC=C2)c1. The maximum atomic E-state index is 2.33. The van der Waals surface area contributed by atoms with E-state index in [-0.39, 0.29) is 0 Å².